The molecule has 0 amide bonds. The summed E-state index contributed by atoms with van der Waals surface area (Å²) in [4.78, 5) is 9.67. The van der Waals surface area contributed by atoms with E-state index in [2.05, 4.69) is 33.0 Å². The summed E-state index contributed by atoms with van der Waals surface area (Å²) in [6, 6.07) is 12.3. The van der Waals surface area contributed by atoms with E-state index < -0.39 is 5.60 Å². The molecule has 6 rings (SSSR count). The van der Waals surface area contributed by atoms with E-state index in [4.69, 9.17) is 0 Å². The Balaban J connectivity index is 1.26. The van der Waals surface area contributed by atoms with Gasteiger partial charge in [0.1, 0.15) is 5.75 Å². The predicted molar refractivity (Wildman–Crippen MR) is 129 cm³/mol. The van der Waals surface area contributed by atoms with Crippen LogP contribution in [0.5, 0.6) is 5.75 Å². The lowest BCUT2D eigenvalue weighted by Crippen LogP contribution is -2.71. The van der Waals surface area contributed by atoms with Gasteiger partial charge >= 0.3 is 0 Å². The van der Waals surface area contributed by atoms with Crippen molar-refractivity contribution in [2.24, 2.45) is 5.92 Å². The smallest absolute Gasteiger partial charge is 0.115 e. The quantitative estimate of drug-likeness (QED) is 0.710. The molecule has 2 aliphatic carbocycles. The number of likely N-dealkylation sites (tertiary alicyclic amines) is 2. The standard InChI is InChI=1S/C28H37N3O2/c32-24-9-8-22-18-26-28(33)12-16-30(14-3-5-23-4-1-2-13-29-23)15-10-27(28,25(22)19-24)11-17-31(26)20-21-6-7-21/h1-2,4,8-9,13,19,21,26,32-33H,3,5-7,10-12,14-18,20H2/t26-,27+,28-/m1/s1. The highest BCUT2D eigenvalue weighted by Gasteiger charge is 2.63. The second-order valence-electron chi connectivity index (χ2n) is 11.0. The topological polar surface area (TPSA) is 59.8 Å². The van der Waals surface area contributed by atoms with Crippen molar-refractivity contribution in [1.29, 1.82) is 0 Å². The van der Waals surface area contributed by atoms with Crippen LogP contribution in [0.25, 0.3) is 0 Å². The van der Waals surface area contributed by atoms with Crippen LogP contribution >= 0.6 is 0 Å². The molecule has 1 aromatic heterocycles. The average Bonchev–Trinajstić information content (AvgIpc) is 3.65. The van der Waals surface area contributed by atoms with Crippen molar-refractivity contribution >= 4 is 0 Å². The Morgan fingerprint density at radius 1 is 1.03 bits per heavy atom. The van der Waals surface area contributed by atoms with Crippen LogP contribution in [0.4, 0.5) is 0 Å². The molecule has 4 aliphatic rings. The molecule has 1 aromatic carbocycles. The van der Waals surface area contributed by atoms with Gasteiger partial charge in [-0.05, 0) is 112 Å². The van der Waals surface area contributed by atoms with E-state index in [0.717, 1.165) is 82.9 Å². The molecular weight excluding hydrogens is 410 g/mol. The van der Waals surface area contributed by atoms with Gasteiger partial charge in [0.2, 0.25) is 0 Å². The molecule has 1 saturated carbocycles. The highest BCUT2D eigenvalue weighted by atomic mass is 16.3. The van der Waals surface area contributed by atoms with Gasteiger partial charge in [0, 0.05) is 36.4 Å². The third kappa shape index (κ3) is 3.78. The van der Waals surface area contributed by atoms with Crippen LogP contribution < -0.4 is 0 Å². The van der Waals surface area contributed by atoms with Crippen molar-refractivity contribution in [2.75, 3.05) is 32.7 Å². The van der Waals surface area contributed by atoms with Crippen LogP contribution in [0.1, 0.15) is 55.3 Å². The number of aromatic hydroxyl groups is 1. The molecule has 0 unspecified atom stereocenters. The lowest BCUT2D eigenvalue weighted by atomic mass is 9.52. The van der Waals surface area contributed by atoms with Crippen LogP contribution in [-0.4, -0.2) is 69.4 Å². The summed E-state index contributed by atoms with van der Waals surface area (Å²) in [5.74, 6) is 1.16. The fourth-order valence-corrected chi connectivity index (χ4v) is 7.17. The van der Waals surface area contributed by atoms with Gasteiger partial charge < -0.3 is 15.1 Å². The minimum Gasteiger partial charge on any atom is -0.508 e. The Morgan fingerprint density at radius 3 is 2.70 bits per heavy atom. The molecule has 0 spiro atoms. The number of benzene rings is 1. The predicted octanol–water partition coefficient (Wildman–Crippen LogP) is 3.53. The number of fused-ring (bicyclic) bond motifs is 1. The Bertz CT molecular complexity index is 994. The van der Waals surface area contributed by atoms with Gasteiger partial charge in [-0.2, -0.15) is 0 Å². The van der Waals surface area contributed by atoms with Crippen molar-refractivity contribution < 1.29 is 10.2 Å². The van der Waals surface area contributed by atoms with Gasteiger partial charge in [-0.15, -0.1) is 0 Å². The summed E-state index contributed by atoms with van der Waals surface area (Å²) in [5, 5.41) is 22.9. The molecule has 3 fully saturated rings. The molecule has 176 valence electrons. The molecule has 3 heterocycles. The lowest BCUT2D eigenvalue weighted by molar-refractivity contribution is -0.149. The zero-order valence-electron chi connectivity index (χ0n) is 19.6. The fourth-order valence-electron chi connectivity index (χ4n) is 7.17. The normalized spacial score (nSPS) is 32.1. The third-order valence-electron chi connectivity index (χ3n) is 9.16. The summed E-state index contributed by atoms with van der Waals surface area (Å²) < 4.78 is 0. The molecule has 2 N–H and O–H groups in total. The summed E-state index contributed by atoms with van der Waals surface area (Å²) in [6.07, 6.45) is 10.3. The van der Waals surface area contributed by atoms with Gasteiger partial charge in [0.25, 0.3) is 0 Å². The molecule has 2 aliphatic heterocycles. The van der Waals surface area contributed by atoms with Crippen LogP contribution in [0.3, 0.4) is 0 Å². The van der Waals surface area contributed by atoms with Crippen LogP contribution in [0, 0.1) is 5.92 Å². The molecule has 5 heteroatoms. The number of phenols is 1. The number of aliphatic hydroxyl groups is 1. The highest BCUT2D eigenvalue weighted by molar-refractivity contribution is 5.48. The molecule has 5 nitrogen and oxygen atoms in total. The summed E-state index contributed by atoms with van der Waals surface area (Å²) >= 11 is 0. The fraction of sp³-hybridized carbons (Fsp3) is 0.607. The maximum Gasteiger partial charge on any atom is 0.115 e. The van der Waals surface area contributed by atoms with Gasteiger partial charge in [0.05, 0.1) is 5.60 Å². The summed E-state index contributed by atoms with van der Waals surface area (Å²) in [6.45, 7) is 5.21. The third-order valence-corrected chi connectivity index (χ3v) is 9.16. The monoisotopic (exact) mass is 447 g/mol. The first-order valence-corrected chi connectivity index (χ1v) is 13.0. The second-order valence-corrected chi connectivity index (χ2v) is 11.0. The van der Waals surface area contributed by atoms with E-state index in [-0.39, 0.29) is 11.5 Å². The van der Waals surface area contributed by atoms with E-state index in [1.165, 1.54) is 24.0 Å². The molecular formula is C28H37N3O2. The first-order chi connectivity index (χ1) is 16.1. The number of hydrogen-bond donors (Lipinski definition) is 2. The Hall–Kier alpha value is -1.95. The molecule has 3 atom stereocenters. The molecule has 0 radical (unpaired) electrons. The van der Waals surface area contributed by atoms with E-state index in [1.54, 1.807) is 0 Å². The average molecular weight is 448 g/mol. The van der Waals surface area contributed by atoms with Crippen molar-refractivity contribution in [1.82, 2.24) is 14.8 Å². The number of nitrogens with zero attached hydrogens (tertiary/aromatic N) is 3. The number of aryl methyl sites for hydroxylation is 1. The van der Waals surface area contributed by atoms with Gasteiger partial charge in [0.15, 0.2) is 0 Å². The zero-order valence-corrected chi connectivity index (χ0v) is 19.6. The van der Waals surface area contributed by atoms with Crippen molar-refractivity contribution in [2.45, 2.75) is 68.4 Å². The summed E-state index contributed by atoms with van der Waals surface area (Å²) in [5.41, 5.74) is 2.75. The Labute approximate surface area is 197 Å². The number of rotatable bonds is 6. The van der Waals surface area contributed by atoms with Crippen LogP contribution in [0.15, 0.2) is 42.6 Å². The van der Waals surface area contributed by atoms with Crippen molar-refractivity contribution in [3.8, 4) is 5.75 Å². The maximum absolute atomic E-state index is 12.5. The molecule has 2 saturated heterocycles. The SMILES string of the molecule is Oc1ccc2c(c1)[C@@]13CCN(CCCc4ccccn4)CC[C@@]1(O)[C@@H](C2)N(CC1CC1)CC3. The summed E-state index contributed by atoms with van der Waals surface area (Å²) in [7, 11) is 0. The van der Waals surface area contributed by atoms with E-state index >= 15 is 0 Å². The second kappa shape index (κ2) is 8.37. The van der Waals surface area contributed by atoms with Crippen molar-refractivity contribution in [3.63, 3.8) is 0 Å². The minimum atomic E-state index is -0.726. The first kappa shape index (κ1) is 21.6. The molecule has 33 heavy (non-hydrogen) atoms. The van der Waals surface area contributed by atoms with Gasteiger partial charge in [-0.25, -0.2) is 0 Å². The number of phenolic OH excluding ortho intramolecular Hbond substituents is 1. The van der Waals surface area contributed by atoms with E-state index in [9.17, 15) is 10.2 Å². The van der Waals surface area contributed by atoms with Crippen LogP contribution in [0.2, 0.25) is 0 Å². The highest BCUT2D eigenvalue weighted by Crippen LogP contribution is 2.56. The maximum atomic E-state index is 12.5. The van der Waals surface area contributed by atoms with E-state index in [1.807, 2.05) is 24.4 Å². The molecule has 2 aromatic rings. The van der Waals surface area contributed by atoms with Crippen molar-refractivity contribution in [3.05, 3.63) is 59.4 Å². The molecule has 2 bridgehead atoms. The van der Waals surface area contributed by atoms with Gasteiger partial charge in [-0.1, -0.05) is 12.1 Å². The Morgan fingerprint density at radius 2 is 1.88 bits per heavy atom. The van der Waals surface area contributed by atoms with Crippen LogP contribution in [-0.2, 0) is 18.3 Å². The number of pyridine rings is 1. The first-order valence-electron chi connectivity index (χ1n) is 13.0. The number of hydrogen-bond acceptors (Lipinski definition) is 5. The largest absolute Gasteiger partial charge is 0.508 e. The Kier molecular flexibility index (Phi) is 5.47. The van der Waals surface area contributed by atoms with Gasteiger partial charge in [-0.3, -0.25) is 9.88 Å². The zero-order chi connectivity index (χ0) is 22.5. The minimum absolute atomic E-state index is 0.192. The number of aromatic nitrogens is 1. The number of piperidine rings is 1. The van der Waals surface area contributed by atoms with E-state index in [0.29, 0.717) is 5.75 Å². The lowest BCUT2D eigenvalue weighted by Gasteiger charge is -2.61.